The molecule has 2 aromatic rings. The lowest BCUT2D eigenvalue weighted by molar-refractivity contribution is -0.156. The van der Waals surface area contributed by atoms with Gasteiger partial charge in [-0.2, -0.15) is 5.26 Å². The third-order valence-electron chi connectivity index (χ3n) is 3.04. The van der Waals surface area contributed by atoms with Crippen molar-refractivity contribution in [3.8, 4) is 6.07 Å². The van der Waals surface area contributed by atoms with Gasteiger partial charge in [-0.1, -0.05) is 12.1 Å². The highest BCUT2D eigenvalue weighted by molar-refractivity contribution is 5.74. The van der Waals surface area contributed by atoms with Gasteiger partial charge in [-0.05, 0) is 19.1 Å². The van der Waals surface area contributed by atoms with Gasteiger partial charge in [-0.25, -0.2) is 4.79 Å². The molecule has 0 bridgehead atoms. The van der Waals surface area contributed by atoms with Crippen molar-refractivity contribution in [2.24, 2.45) is 0 Å². The lowest BCUT2D eigenvalue weighted by Gasteiger charge is -2.10. The standard InChI is InChI=1S/C16H16N2O3/c1-3-8-20-12(2)16(19)21-11-13-10-18-7-5-4-6-15(18)14(13)9-17/h3-7,10,12H,1,8,11H2,2H3. The average molecular weight is 284 g/mol. The normalized spacial score (nSPS) is 11.8. The summed E-state index contributed by atoms with van der Waals surface area (Å²) in [6.07, 6.45) is 4.54. The number of pyridine rings is 1. The van der Waals surface area contributed by atoms with E-state index in [1.54, 1.807) is 19.2 Å². The number of aromatic nitrogens is 1. The molecule has 2 heterocycles. The number of hydrogen-bond donors (Lipinski definition) is 0. The van der Waals surface area contributed by atoms with E-state index in [4.69, 9.17) is 9.47 Å². The number of carbonyl (C=O) groups excluding carboxylic acids is 1. The van der Waals surface area contributed by atoms with Gasteiger partial charge in [-0.3, -0.25) is 0 Å². The van der Waals surface area contributed by atoms with Crippen LogP contribution < -0.4 is 0 Å². The number of esters is 1. The van der Waals surface area contributed by atoms with Crippen LogP contribution in [0.15, 0.2) is 43.2 Å². The summed E-state index contributed by atoms with van der Waals surface area (Å²) in [5.41, 5.74) is 1.98. The SMILES string of the molecule is C=CCOC(C)C(=O)OCc1cn2ccccc2c1C#N. The molecule has 0 aromatic carbocycles. The molecule has 1 atom stereocenters. The largest absolute Gasteiger partial charge is 0.459 e. The summed E-state index contributed by atoms with van der Waals surface area (Å²) in [7, 11) is 0. The molecule has 5 nitrogen and oxygen atoms in total. The Kier molecular flexibility index (Phi) is 4.75. The van der Waals surface area contributed by atoms with Crippen LogP contribution in [-0.4, -0.2) is 23.1 Å². The minimum Gasteiger partial charge on any atom is -0.459 e. The second kappa shape index (κ2) is 6.73. The van der Waals surface area contributed by atoms with Gasteiger partial charge in [0.2, 0.25) is 0 Å². The van der Waals surface area contributed by atoms with E-state index in [1.807, 2.05) is 28.8 Å². The summed E-state index contributed by atoms with van der Waals surface area (Å²) in [6, 6.07) is 7.72. The monoisotopic (exact) mass is 284 g/mol. The molecule has 0 aliphatic carbocycles. The maximum Gasteiger partial charge on any atom is 0.335 e. The summed E-state index contributed by atoms with van der Waals surface area (Å²) < 4.78 is 12.2. The van der Waals surface area contributed by atoms with Crippen molar-refractivity contribution in [1.29, 1.82) is 5.26 Å². The fourth-order valence-corrected chi connectivity index (χ4v) is 1.96. The van der Waals surface area contributed by atoms with Gasteiger partial charge in [0.1, 0.15) is 12.7 Å². The molecule has 108 valence electrons. The summed E-state index contributed by atoms with van der Waals surface area (Å²) in [6.45, 7) is 5.47. The number of ether oxygens (including phenoxy) is 2. The Morgan fingerprint density at radius 1 is 1.57 bits per heavy atom. The van der Waals surface area contributed by atoms with E-state index in [0.717, 1.165) is 5.52 Å². The van der Waals surface area contributed by atoms with E-state index in [1.165, 1.54) is 0 Å². The van der Waals surface area contributed by atoms with E-state index in [0.29, 0.717) is 11.1 Å². The van der Waals surface area contributed by atoms with Crippen molar-refractivity contribution in [3.63, 3.8) is 0 Å². The van der Waals surface area contributed by atoms with Crippen LogP contribution in [0.5, 0.6) is 0 Å². The smallest absolute Gasteiger partial charge is 0.335 e. The molecule has 0 aliphatic rings. The molecule has 0 radical (unpaired) electrons. The second-order valence-electron chi connectivity index (χ2n) is 4.51. The van der Waals surface area contributed by atoms with Gasteiger partial charge >= 0.3 is 5.97 Å². The van der Waals surface area contributed by atoms with Gasteiger partial charge in [0.25, 0.3) is 0 Å². The molecule has 0 saturated heterocycles. The van der Waals surface area contributed by atoms with Crippen LogP contribution in [0.1, 0.15) is 18.1 Å². The number of fused-ring (bicyclic) bond motifs is 1. The minimum absolute atomic E-state index is 0.0468. The number of rotatable bonds is 6. The summed E-state index contributed by atoms with van der Waals surface area (Å²) >= 11 is 0. The Morgan fingerprint density at radius 2 is 2.38 bits per heavy atom. The van der Waals surface area contributed by atoms with Gasteiger partial charge < -0.3 is 13.9 Å². The second-order valence-corrected chi connectivity index (χ2v) is 4.51. The van der Waals surface area contributed by atoms with Crippen molar-refractivity contribution in [2.45, 2.75) is 19.6 Å². The third-order valence-corrected chi connectivity index (χ3v) is 3.04. The molecular formula is C16H16N2O3. The number of carbonyl (C=O) groups is 1. The molecule has 0 saturated carbocycles. The zero-order chi connectivity index (χ0) is 15.2. The van der Waals surface area contributed by atoms with Crippen LogP contribution in [0.3, 0.4) is 0 Å². The summed E-state index contributed by atoms with van der Waals surface area (Å²) in [5, 5.41) is 9.26. The topological polar surface area (TPSA) is 63.7 Å². The summed E-state index contributed by atoms with van der Waals surface area (Å²) in [5.74, 6) is -0.462. The van der Waals surface area contributed by atoms with Crippen molar-refractivity contribution < 1.29 is 14.3 Å². The quantitative estimate of drug-likeness (QED) is 0.603. The number of hydrogen-bond acceptors (Lipinski definition) is 4. The zero-order valence-electron chi connectivity index (χ0n) is 11.8. The fraction of sp³-hybridized carbons (Fsp3) is 0.250. The predicted octanol–water partition coefficient (Wildman–Crippen LogP) is 2.45. The minimum atomic E-state index is -0.662. The van der Waals surface area contributed by atoms with Gasteiger partial charge in [-0.15, -0.1) is 6.58 Å². The molecule has 0 fully saturated rings. The Balaban J connectivity index is 2.08. The summed E-state index contributed by atoms with van der Waals surface area (Å²) in [4.78, 5) is 11.8. The van der Waals surface area contributed by atoms with Crippen LogP contribution in [0.4, 0.5) is 0 Å². The first kappa shape index (κ1) is 14.8. The number of nitriles is 1. The first-order chi connectivity index (χ1) is 10.2. The van der Waals surface area contributed by atoms with Crippen LogP contribution in [-0.2, 0) is 20.9 Å². The van der Waals surface area contributed by atoms with E-state index in [-0.39, 0.29) is 13.2 Å². The Labute approximate surface area is 123 Å². The molecule has 0 spiro atoms. The highest BCUT2D eigenvalue weighted by Gasteiger charge is 2.17. The molecule has 1 unspecified atom stereocenters. The zero-order valence-corrected chi connectivity index (χ0v) is 11.8. The van der Waals surface area contributed by atoms with E-state index in [2.05, 4.69) is 12.6 Å². The number of nitrogens with zero attached hydrogens (tertiary/aromatic N) is 2. The van der Waals surface area contributed by atoms with E-state index >= 15 is 0 Å². The molecule has 5 heteroatoms. The Bertz CT molecular complexity index is 697. The molecule has 2 rings (SSSR count). The first-order valence-corrected chi connectivity index (χ1v) is 6.55. The molecule has 0 aliphatic heterocycles. The van der Waals surface area contributed by atoms with Crippen LogP contribution in [0.2, 0.25) is 0 Å². The molecule has 0 amide bonds. The van der Waals surface area contributed by atoms with Crippen molar-refractivity contribution >= 4 is 11.5 Å². The van der Waals surface area contributed by atoms with E-state index in [9.17, 15) is 10.1 Å². The van der Waals surface area contributed by atoms with Crippen LogP contribution in [0, 0.1) is 11.3 Å². The van der Waals surface area contributed by atoms with Gasteiger partial charge in [0.05, 0.1) is 17.7 Å². The van der Waals surface area contributed by atoms with Crippen LogP contribution >= 0.6 is 0 Å². The van der Waals surface area contributed by atoms with Crippen molar-refractivity contribution in [1.82, 2.24) is 4.40 Å². The highest BCUT2D eigenvalue weighted by atomic mass is 16.6. The predicted molar refractivity (Wildman–Crippen MR) is 77.5 cm³/mol. The van der Waals surface area contributed by atoms with E-state index < -0.39 is 12.1 Å². The molecular weight excluding hydrogens is 268 g/mol. The highest BCUT2D eigenvalue weighted by Crippen LogP contribution is 2.18. The maximum atomic E-state index is 11.8. The Hall–Kier alpha value is -2.58. The molecule has 21 heavy (non-hydrogen) atoms. The molecule has 2 aromatic heterocycles. The third kappa shape index (κ3) is 3.30. The van der Waals surface area contributed by atoms with Crippen LogP contribution in [0.25, 0.3) is 5.52 Å². The Morgan fingerprint density at radius 3 is 3.10 bits per heavy atom. The lowest BCUT2D eigenvalue weighted by Crippen LogP contribution is -2.23. The van der Waals surface area contributed by atoms with Gasteiger partial charge in [0.15, 0.2) is 6.10 Å². The first-order valence-electron chi connectivity index (χ1n) is 6.55. The van der Waals surface area contributed by atoms with Gasteiger partial charge in [0, 0.05) is 18.0 Å². The maximum absolute atomic E-state index is 11.8. The molecule has 0 N–H and O–H groups in total. The fourth-order valence-electron chi connectivity index (χ4n) is 1.96. The lowest BCUT2D eigenvalue weighted by atomic mass is 10.2. The van der Waals surface area contributed by atoms with Crippen molar-refractivity contribution in [2.75, 3.05) is 6.61 Å². The van der Waals surface area contributed by atoms with Crippen molar-refractivity contribution in [3.05, 3.63) is 54.4 Å². The average Bonchev–Trinajstić information content (AvgIpc) is 2.87.